The van der Waals surface area contributed by atoms with Crippen molar-refractivity contribution in [1.82, 2.24) is 20.2 Å². The van der Waals surface area contributed by atoms with E-state index < -0.39 is 5.97 Å². The number of H-pyrrole nitrogens is 1. The number of carbonyl (C=O) groups is 1. The van der Waals surface area contributed by atoms with E-state index in [2.05, 4.69) is 24.9 Å². The molecule has 0 spiro atoms. The average molecular weight is 289 g/mol. The summed E-state index contributed by atoms with van der Waals surface area (Å²) < 4.78 is 4.65. The van der Waals surface area contributed by atoms with Gasteiger partial charge in [0.15, 0.2) is 5.69 Å². The van der Waals surface area contributed by atoms with Crippen LogP contribution in [0, 0.1) is 0 Å². The summed E-state index contributed by atoms with van der Waals surface area (Å²) in [4.78, 5) is 19.6. The first-order chi connectivity index (χ1) is 9.69. The quantitative estimate of drug-likeness (QED) is 0.579. The van der Waals surface area contributed by atoms with Gasteiger partial charge in [-0.25, -0.2) is 14.8 Å². The summed E-state index contributed by atoms with van der Waals surface area (Å²) in [5.41, 5.74) is 2.34. The molecule has 1 aromatic carbocycles. The monoisotopic (exact) mass is 288 g/mol. The predicted octanol–water partition coefficient (Wildman–Crippen LogP) is 2.46. The van der Waals surface area contributed by atoms with E-state index >= 15 is 0 Å². The molecule has 3 aromatic rings. The molecule has 0 fully saturated rings. The molecule has 0 atom stereocenters. The molecule has 7 heteroatoms. The molecule has 0 aliphatic heterocycles. The second kappa shape index (κ2) is 4.90. The number of rotatable bonds is 2. The van der Waals surface area contributed by atoms with E-state index in [9.17, 15) is 4.79 Å². The second-order valence-electron chi connectivity index (χ2n) is 4.04. The number of halogens is 1. The number of hydrogen-bond donors (Lipinski definition) is 1. The fourth-order valence-corrected chi connectivity index (χ4v) is 2.14. The largest absolute Gasteiger partial charge is 0.464 e. The summed E-state index contributed by atoms with van der Waals surface area (Å²) in [5.74, 6) is -0.560. The van der Waals surface area contributed by atoms with Crippen LogP contribution in [0.3, 0.4) is 0 Å². The number of carbonyl (C=O) groups excluding carboxylic acids is 1. The highest BCUT2D eigenvalue weighted by Crippen LogP contribution is 2.27. The number of methoxy groups -OCH3 is 1. The minimum Gasteiger partial charge on any atom is -0.464 e. The Morgan fingerprint density at radius 3 is 3.00 bits per heavy atom. The summed E-state index contributed by atoms with van der Waals surface area (Å²) in [5, 5.41) is 7.74. The van der Waals surface area contributed by atoms with Crippen LogP contribution in [0.2, 0.25) is 5.28 Å². The molecule has 2 heterocycles. The van der Waals surface area contributed by atoms with Gasteiger partial charge in [-0.15, -0.1) is 0 Å². The summed E-state index contributed by atoms with van der Waals surface area (Å²) >= 11 is 5.87. The van der Waals surface area contributed by atoms with Crippen molar-refractivity contribution in [2.45, 2.75) is 0 Å². The van der Waals surface area contributed by atoms with Crippen LogP contribution >= 0.6 is 11.6 Å². The maximum Gasteiger partial charge on any atom is 0.356 e. The zero-order chi connectivity index (χ0) is 14.1. The van der Waals surface area contributed by atoms with E-state index in [-0.39, 0.29) is 11.0 Å². The molecule has 100 valence electrons. The Hall–Kier alpha value is -2.47. The van der Waals surface area contributed by atoms with Gasteiger partial charge in [0.1, 0.15) is 0 Å². The normalized spacial score (nSPS) is 10.7. The molecule has 0 bridgehead atoms. The molecule has 3 rings (SSSR count). The van der Waals surface area contributed by atoms with Gasteiger partial charge in [-0.1, -0.05) is 12.1 Å². The van der Waals surface area contributed by atoms with Crippen LogP contribution in [0.15, 0.2) is 30.5 Å². The minimum absolute atomic E-state index is 0.0107. The van der Waals surface area contributed by atoms with Gasteiger partial charge in [0, 0.05) is 10.9 Å². The molecule has 0 unspecified atom stereocenters. The van der Waals surface area contributed by atoms with Gasteiger partial charge >= 0.3 is 5.97 Å². The lowest BCUT2D eigenvalue weighted by Crippen LogP contribution is -2.06. The van der Waals surface area contributed by atoms with Crippen LogP contribution in [0.1, 0.15) is 10.5 Å². The van der Waals surface area contributed by atoms with E-state index in [4.69, 9.17) is 11.6 Å². The molecule has 2 aromatic heterocycles. The summed E-state index contributed by atoms with van der Waals surface area (Å²) in [6, 6.07) is 7.18. The van der Waals surface area contributed by atoms with Crippen LogP contribution in [-0.4, -0.2) is 33.2 Å². The molecule has 0 radical (unpaired) electrons. The fourth-order valence-electron chi connectivity index (χ4n) is 1.96. The Labute approximate surface area is 118 Å². The maximum absolute atomic E-state index is 11.6. The first-order valence-corrected chi connectivity index (χ1v) is 6.12. The van der Waals surface area contributed by atoms with Crippen molar-refractivity contribution in [2.75, 3.05) is 7.11 Å². The number of nitrogens with one attached hydrogen (secondary N) is 1. The Kier molecular flexibility index (Phi) is 3.08. The van der Waals surface area contributed by atoms with Crippen LogP contribution < -0.4 is 0 Å². The van der Waals surface area contributed by atoms with Crippen molar-refractivity contribution in [3.8, 4) is 11.3 Å². The number of ether oxygens (including phenoxy) is 1. The van der Waals surface area contributed by atoms with E-state index in [0.29, 0.717) is 5.69 Å². The molecule has 0 saturated heterocycles. The number of hydrogen-bond acceptors (Lipinski definition) is 5. The lowest BCUT2D eigenvalue weighted by atomic mass is 10.1. The van der Waals surface area contributed by atoms with Crippen molar-refractivity contribution >= 4 is 28.5 Å². The Bertz CT molecular complexity index is 800. The zero-order valence-electron chi connectivity index (χ0n) is 10.4. The smallest absolute Gasteiger partial charge is 0.356 e. The average Bonchev–Trinajstić information content (AvgIpc) is 2.94. The van der Waals surface area contributed by atoms with Crippen molar-refractivity contribution in [3.63, 3.8) is 0 Å². The second-order valence-corrected chi connectivity index (χ2v) is 4.37. The summed E-state index contributed by atoms with van der Waals surface area (Å²) in [6.07, 6.45) is 1.69. The Balaban J connectivity index is 2.21. The molecule has 1 N–H and O–H groups in total. The number of benzene rings is 1. The van der Waals surface area contributed by atoms with Crippen LogP contribution in [-0.2, 0) is 4.74 Å². The molecular formula is C13H9ClN4O2. The van der Waals surface area contributed by atoms with Crippen molar-refractivity contribution in [2.24, 2.45) is 0 Å². The van der Waals surface area contributed by atoms with Crippen LogP contribution in [0.5, 0.6) is 0 Å². The van der Waals surface area contributed by atoms with Crippen molar-refractivity contribution in [3.05, 3.63) is 41.4 Å². The molecular weight excluding hydrogens is 280 g/mol. The topological polar surface area (TPSA) is 80.8 Å². The number of aromatic amines is 1. The van der Waals surface area contributed by atoms with Gasteiger partial charge in [-0.3, -0.25) is 5.10 Å². The third-order valence-corrected chi connectivity index (χ3v) is 3.02. The van der Waals surface area contributed by atoms with E-state index in [1.54, 1.807) is 12.3 Å². The molecule has 6 nitrogen and oxygen atoms in total. The third kappa shape index (κ3) is 2.10. The van der Waals surface area contributed by atoms with Gasteiger partial charge in [-0.05, 0) is 23.7 Å². The zero-order valence-corrected chi connectivity index (χ0v) is 11.2. The highest BCUT2D eigenvalue weighted by molar-refractivity contribution is 6.28. The third-order valence-electron chi connectivity index (χ3n) is 2.85. The van der Waals surface area contributed by atoms with Gasteiger partial charge in [0.2, 0.25) is 5.28 Å². The Morgan fingerprint density at radius 1 is 1.35 bits per heavy atom. The summed E-state index contributed by atoms with van der Waals surface area (Å²) in [6.45, 7) is 0. The first kappa shape index (κ1) is 12.6. The highest BCUT2D eigenvalue weighted by Gasteiger charge is 2.14. The Morgan fingerprint density at radius 2 is 2.20 bits per heavy atom. The minimum atomic E-state index is -0.560. The fraction of sp³-hybridized carbons (Fsp3) is 0.0769. The lowest BCUT2D eigenvalue weighted by molar-refractivity contribution is 0.0594. The van der Waals surface area contributed by atoms with Gasteiger partial charge in [0.05, 0.1) is 24.5 Å². The lowest BCUT2D eigenvalue weighted by Gasteiger charge is -2.05. The molecule has 0 aliphatic carbocycles. The van der Waals surface area contributed by atoms with E-state index in [0.717, 1.165) is 16.5 Å². The van der Waals surface area contributed by atoms with Crippen molar-refractivity contribution in [1.29, 1.82) is 0 Å². The molecule has 20 heavy (non-hydrogen) atoms. The molecule has 0 saturated carbocycles. The van der Waals surface area contributed by atoms with Gasteiger partial charge in [-0.2, -0.15) is 5.10 Å². The highest BCUT2D eigenvalue weighted by atomic mass is 35.5. The number of esters is 1. The van der Waals surface area contributed by atoms with E-state index in [1.165, 1.54) is 7.11 Å². The maximum atomic E-state index is 11.6. The van der Waals surface area contributed by atoms with E-state index in [1.807, 2.05) is 18.2 Å². The number of aromatic nitrogens is 4. The number of fused-ring (bicyclic) bond motifs is 1. The molecule has 0 amide bonds. The van der Waals surface area contributed by atoms with Gasteiger partial charge in [0.25, 0.3) is 0 Å². The van der Waals surface area contributed by atoms with Crippen molar-refractivity contribution < 1.29 is 9.53 Å². The summed E-state index contributed by atoms with van der Waals surface area (Å²) in [7, 11) is 1.29. The predicted molar refractivity (Wildman–Crippen MR) is 73.5 cm³/mol. The number of nitrogens with zero attached hydrogens (tertiary/aromatic N) is 3. The SMILES string of the molecule is COC(=O)c1cc(-c2cccc3[nH]ncc23)nc(Cl)n1. The van der Waals surface area contributed by atoms with Crippen LogP contribution in [0.25, 0.3) is 22.2 Å². The van der Waals surface area contributed by atoms with Gasteiger partial charge < -0.3 is 4.74 Å². The molecule has 0 aliphatic rings. The standard InChI is InChI=1S/C13H9ClN4O2/c1-20-12(19)11-5-10(16-13(14)17-11)7-3-2-4-9-8(7)6-15-18-9/h2-6H,1H3,(H,15,18). The first-order valence-electron chi connectivity index (χ1n) is 5.74. The van der Waals surface area contributed by atoms with Crippen LogP contribution in [0.4, 0.5) is 0 Å².